The van der Waals surface area contributed by atoms with Crippen LogP contribution >= 0.6 is 0 Å². The number of benzene rings is 5. The zero-order chi connectivity index (χ0) is 60.9. The Hall–Kier alpha value is -5.12. The minimum atomic E-state index is -0.120. The summed E-state index contributed by atoms with van der Waals surface area (Å²) in [6, 6.07) is 45.7. The zero-order valence-electron chi connectivity index (χ0n) is 55.6. The molecule has 2 atom stereocenters. The van der Waals surface area contributed by atoms with Crippen LogP contribution in [-0.4, -0.2) is 135 Å². The summed E-state index contributed by atoms with van der Waals surface area (Å²) in [5.74, 6) is 6.62. The molecule has 5 aliphatic rings. The van der Waals surface area contributed by atoms with E-state index in [0.717, 1.165) is 61.8 Å². The monoisotopic (exact) mass is 1140 g/mol. The molecule has 5 aromatic rings. The lowest BCUT2D eigenvalue weighted by Crippen LogP contribution is -2.48. The number of aliphatic imine (C=N–C) groups is 1. The van der Waals surface area contributed by atoms with Gasteiger partial charge in [0, 0.05) is 51.4 Å². The Kier molecular flexibility index (Phi) is 27.7. The molecule has 0 saturated carbocycles. The van der Waals surface area contributed by atoms with E-state index in [1.54, 1.807) is 11.1 Å². The lowest BCUT2D eigenvalue weighted by molar-refractivity contribution is -0.139. The molecule has 10 rings (SSSR count). The Bertz CT molecular complexity index is 2660. The molecule has 0 radical (unpaired) electrons. The summed E-state index contributed by atoms with van der Waals surface area (Å²) < 4.78 is 0. The minimum Gasteiger partial charge on any atom is -0.370 e. The lowest BCUT2D eigenvalue weighted by atomic mass is 9.88. The Morgan fingerprint density at radius 2 is 0.869 bits per heavy atom. The summed E-state index contributed by atoms with van der Waals surface area (Å²) in [5, 5.41) is 3.33. The van der Waals surface area contributed by atoms with Gasteiger partial charge in [0.05, 0.1) is 0 Å². The van der Waals surface area contributed by atoms with E-state index in [1.807, 2.05) is 19.0 Å². The van der Waals surface area contributed by atoms with Crippen molar-refractivity contribution in [2.24, 2.45) is 4.99 Å². The van der Waals surface area contributed by atoms with Gasteiger partial charge < -0.3 is 24.9 Å². The number of hydrogen-bond donors (Lipinski definition) is 1. The maximum Gasteiger partial charge on any atom is 0.244 e. The largest absolute Gasteiger partial charge is 0.370 e. The van der Waals surface area contributed by atoms with Crippen LogP contribution in [0.2, 0.25) is 0 Å². The summed E-state index contributed by atoms with van der Waals surface area (Å²) in [5.41, 5.74) is 14.0. The van der Waals surface area contributed by atoms with Crippen molar-refractivity contribution in [3.8, 4) is 0 Å². The van der Waals surface area contributed by atoms with Crippen molar-refractivity contribution in [2.75, 3.05) is 93.1 Å². The van der Waals surface area contributed by atoms with Gasteiger partial charge in [-0.1, -0.05) is 197 Å². The third-order valence-electron chi connectivity index (χ3n) is 18.6. The molecule has 5 aliphatic heterocycles. The zero-order valence-corrected chi connectivity index (χ0v) is 55.6. The standard InChI is InChI=1S/C17H27N.C16H25N.C15H22N2O.C15H23N.C13H18N2/c1-13(2)15-5-7-16(8-6-15)17-9-11-18(12-10-17)14(3)4;1-4-17-11-9-16(10-12-17)15-7-5-14(6-8-15)13(2)3;1-11(2)12-5-7-13(8-6-12)14-15(18)17(4)10-9-16(14)3;1-12(2)13-6-8-14(9-7-13)15-5-4-10-16(3)11-15;1-10(2)11-4-6-12(7-5-11)13-14-8-3-9-15-13/h5-8,13-14,17H,9-12H2,1-4H3;5-8,13,16H,4,9-12H2,1-3H3;5-8,11,14H,9-10H2,1-4H3;6-9,12,15H,4-5,10-11H2,1-3H3;4-7,10H,3,8-9H2,1-2H3,(H,14,15). The third kappa shape index (κ3) is 20.8. The van der Waals surface area contributed by atoms with Gasteiger partial charge in [-0.3, -0.25) is 14.7 Å². The number of likely N-dealkylation sites (N-methyl/N-ethyl adjacent to an activating group) is 3. The highest BCUT2D eigenvalue weighted by molar-refractivity contribution is 5.99. The first-order valence-electron chi connectivity index (χ1n) is 33.1. The maximum atomic E-state index is 12.2. The first-order valence-corrected chi connectivity index (χ1v) is 33.1. The molecule has 1 N–H and O–H groups in total. The maximum absolute atomic E-state index is 12.2. The minimum absolute atomic E-state index is 0.120. The summed E-state index contributed by atoms with van der Waals surface area (Å²) in [6.45, 7) is 41.7. The second-order valence-corrected chi connectivity index (χ2v) is 26.9. The molecule has 1 amide bonds. The summed E-state index contributed by atoms with van der Waals surface area (Å²) in [4.78, 5) is 28.3. The van der Waals surface area contributed by atoms with E-state index >= 15 is 0 Å². The Labute approximate surface area is 513 Å². The molecule has 0 bridgehead atoms. The molecule has 8 heteroatoms. The Balaban J connectivity index is 0.000000169. The van der Waals surface area contributed by atoms with E-state index in [4.69, 9.17) is 0 Å². The van der Waals surface area contributed by atoms with Crippen molar-refractivity contribution >= 4 is 11.7 Å². The number of amides is 1. The lowest BCUT2D eigenvalue weighted by Gasteiger charge is -2.37. The van der Waals surface area contributed by atoms with Crippen LogP contribution in [0.5, 0.6) is 0 Å². The van der Waals surface area contributed by atoms with Crippen molar-refractivity contribution in [2.45, 2.75) is 194 Å². The summed E-state index contributed by atoms with van der Waals surface area (Å²) in [7, 11) is 6.13. The first-order chi connectivity index (χ1) is 40.2. The molecule has 5 heterocycles. The van der Waals surface area contributed by atoms with E-state index < -0.39 is 0 Å². The Morgan fingerprint density at radius 1 is 0.464 bits per heavy atom. The molecule has 460 valence electrons. The molecule has 8 nitrogen and oxygen atoms in total. The number of rotatable bonds is 12. The van der Waals surface area contributed by atoms with Gasteiger partial charge in [0.15, 0.2) is 0 Å². The van der Waals surface area contributed by atoms with Crippen LogP contribution in [0, 0.1) is 0 Å². The molecule has 2 unspecified atom stereocenters. The first kappa shape index (κ1) is 68.0. The number of piperazine rings is 1. The molecule has 4 fully saturated rings. The molecular formula is C76H115N7O. The van der Waals surface area contributed by atoms with Crippen molar-refractivity contribution in [1.82, 2.24) is 29.8 Å². The molecule has 4 saturated heterocycles. The number of likely N-dealkylation sites (tertiary alicyclic amines) is 3. The van der Waals surface area contributed by atoms with Crippen LogP contribution in [0.25, 0.3) is 0 Å². The highest BCUT2D eigenvalue weighted by Gasteiger charge is 2.32. The number of hydrogen-bond acceptors (Lipinski definition) is 7. The molecule has 5 aromatic carbocycles. The van der Waals surface area contributed by atoms with Gasteiger partial charge in [0.25, 0.3) is 0 Å². The number of piperidine rings is 3. The topological polar surface area (TPSA) is 57.7 Å². The second-order valence-electron chi connectivity index (χ2n) is 26.9. The molecule has 0 spiro atoms. The quantitative estimate of drug-likeness (QED) is 0.134. The fourth-order valence-corrected chi connectivity index (χ4v) is 12.4. The SMILES string of the molecule is CC(C)c1ccc(C2=NCCCN2)cc1.CC(C)c1ccc(C2C(=O)N(C)CCN2C)cc1.CC(C)c1ccc(C2CCCN(C)C2)cc1.CC(C)c1ccc(C2CCN(C(C)C)CC2)cc1.CCN1CCC(c2ccc(C(C)C)cc2)CC1. The molecule has 84 heavy (non-hydrogen) atoms. The number of carbonyl (C=O) groups is 1. The number of nitrogens with one attached hydrogen (secondary N) is 1. The van der Waals surface area contributed by atoms with Crippen molar-refractivity contribution in [3.63, 3.8) is 0 Å². The van der Waals surface area contributed by atoms with E-state index in [1.165, 1.54) is 123 Å². The van der Waals surface area contributed by atoms with Gasteiger partial charge in [0.1, 0.15) is 11.9 Å². The van der Waals surface area contributed by atoms with Crippen LogP contribution in [0.3, 0.4) is 0 Å². The Morgan fingerprint density at radius 3 is 1.25 bits per heavy atom. The van der Waals surface area contributed by atoms with Gasteiger partial charge in [0.2, 0.25) is 5.91 Å². The molecular weight excluding hydrogens is 1030 g/mol. The fraction of sp³-hybridized carbons (Fsp3) is 0.579. The van der Waals surface area contributed by atoms with Crippen LogP contribution in [0.15, 0.2) is 126 Å². The highest BCUT2D eigenvalue weighted by atomic mass is 16.2. The van der Waals surface area contributed by atoms with E-state index in [2.05, 4.69) is 248 Å². The van der Waals surface area contributed by atoms with E-state index in [-0.39, 0.29) is 11.9 Å². The number of carbonyl (C=O) groups excluding carboxylic acids is 1. The van der Waals surface area contributed by atoms with Crippen LogP contribution < -0.4 is 5.32 Å². The smallest absolute Gasteiger partial charge is 0.244 e. The predicted octanol–water partition coefficient (Wildman–Crippen LogP) is 16.8. The van der Waals surface area contributed by atoms with Crippen LogP contribution in [0.4, 0.5) is 0 Å². The van der Waals surface area contributed by atoms with Gasteiger partial charge in [-0.15, -0.1) is 0 Å². The van der Waals surface area contributed by atoms with E-state index in [0.29, 0.717) is 35.6 Å². The van der Waals surface area contributed by atoms with E-state index in [9.17, 15) is 4.79 Å². The normalized spacial score (nSPS) is 19.7. The van der Waals surface area contributed by atoms with Crippen molar-refractivity contribution in [1.29, 1.82) is 0 Å². The van der Waals surface area contributed by atoms with Crippen LogP contribution in [-0.2, 0) is 4.79 Å². The van der Waals surface area contributed by atoms with Gasteiger partial charge in [-0.05, 0) is 210 Å². The number of nitrogens with zero attached hydrogens (tertiary/aromatic N) is 6. The van der Waals surface area contributed by atoms with Crippen LogP contribution in [0.1, 0.15) is 244 Å². The average molecular weight is 1140 g/mol. The van der Waals surface area contributed by atoms with Crippen molar-refractivity contribution in [3.05, 3.63) is 177 Å². The highest BCUT2D eigenvalue weighted by Crippen LogP contribution is 2.32. The summed E-state index contributed by atoms with van der Waals surface area (Å²) in [6.07, 6.45) is 9.13. The average Bonchev–Trinajstić information content (AvgIpc) is 3.70. The fourth-order valence-electron chi connectivity index (χ4n) is 12.4. The van der Waals surface area contributed by atoms with Gasteiger partial charge >= 0.3 is 0 Å². The predicted molar refractivity (Wildman–Crippen MR) is 362 cm³/mol. The van der Waals surface area contributed by atoms with Gasteiger partial charge in [-0.25, -0.2) is 0 Å². The summed E-state index contributed by atoms with van der Waals surface area (Å²) >= 11 is 0. The number of amidine groups is 1. The van der Waals surface area contributed by atoms with Crippen molar-refractivity contribution < 1.29 is 4.79 Å². The van der Waals surface area contributed by atoms with Gasteiger partial charge in [-0.2, -0.15) is 0 Å². The third-order valence-corrected chi connectivity index (χ3v) is 18.6. The molecule has 0 aliphatic carbocycles. The molecule has 0 aromatic heterocycles. The second kappa shape index (κ2) is 34.3.